The van der Waals surface area contributed by atoms with Crippen molar-refractivity contribution in [2.75, 3.05) is 24.7 Å². The molecule has 8 nitrogen and oxygen atoms in total. The summed E-state index contributed by atoms with van der Waals surface area (Å²) in [5, 5.41) is 12.0. The minimum absolute atomic E-state index is 0.0248. The third-order valence-corrected chi connectivity index (χ3v) is 8.42. The van der Waals surface area contributed by atoms with Gasteiger partial charge in [0.15, 0.2) is 16.6 Å². The van der Waals surface area contributed by atoms with Gasteiger partial charge in [-0.2, -0.15) is 0 Å². The lowest BCUT2D eigenvalue weighted by atomic mass is 9.95. The zero-order valence-corrected chi connectivity index (χ0v) is 24.8. The zero-order valence-electron chi connectivity index (χ0n) is 24.0. The molecule has 4 aromatic rings. The number of hydrogen-bond acceptors (Lipinski definition) is 8. The lowest BCUT2D eigenvalue weighted by Crippen LogP contribution is -2.29. The van der Waals surface area contributed by atoms with Gasteiger partial charge in [0.25, 0.3) is 5.78 Å². The maximum atomic E-state index is 13.8. The average Bonchev–Trinajstić information content (AvgIpc) is 3.50. The molecule has 0 spiro atoms. The molecule has 0 radical (unpaired) electrons. The van der Waals surface area contributed by atoms with Crippen molar-refractivity contribution in [1.29, 1.82) is 0 Å². The van der Waals surface area contributed by atoms with Crippen LogP contribution in [0.4, 0.5) is 5.13 Å². The molecule has 1 atom stereocenters. The Balaban J connectivity index is 1.50. The summed E-state index contributed by atoms with van der Waals surface area (Å²) in [6.45, 7) is 9.59. The number of anilines is 1. The number of fused-ring (bicyclic) bond motifs is 2. The van der Waals surface area contributed by atoms with Gasteiger partial charge < -0.3 is 19.3 Å². The van der Waals surface area contributed by atoms with Crippen molar-refractivity contribution in [2.45, 2.75) is 40.2 Å². The highest BCUT2D eigenvalue weighted by Crippen LogP contribution is 2.46. The lowest BCUT2D eigenvalue weighted by molar-refractivity contribution is -0.132. The molecule has 3 aromatic carbocycles. The summed E-state index contributed by atoms with van der Waals surface area (Å²) in [6.07, 6.45) is 0.886. The van der Waals surface area contributed by atoms with E-state index in [-0.39, 0.29) is 11.3 Å². The van der Waals surface area contributed by atoms with Crippen LogP contribution >= 0.6 is 11.3 Å². The SMILES string of the molecule is Cc1cc(C)c2nc(N3C(=O)C(=O)C(=C(O)c4ccc5c(c4)OCCO5)C3c3cccc(OCCC(C)C)c3)sc2c1. The topological polar surface area (TPSA) is 98.2 Å². The summed E-state index contributed by atoms with van der Waals surface area (Å²) in [5.74, 6) is 0.294. The summed E-state index contributed by atoms with van der Waals surface area (Å²) in [6, 6.07) is 15.4. The normalized spacial score (nSPS) is 17.8. The van der Waals surface area contributed by atoms with E-state index in [0.717, 1.165) is 27.8 Å². The second-order valence-electron chi connectivity index (χ2n) is 11.1. The third kappa shape index (κ3) is 5.09. The number of Topliss-reactive ketones (excluding diaryl/α,β-unsaturated/α-hetero) is 1. The van der Waals surface area contributed by atoms with Crippen LogP contribution in [0.2, 0.25) is 0 Å². The predicted octanol–water partition coefficient (Wildman–Crippen LogP) is 6.74. The number of aliphatic hydroxyl groups is 1. The van der Waals surface area contributed by atoms with Crippen LogP contribution in [-0.2, 0) is 9.59 Å². The fourth-order valence-corrected chi connectivity index (χ4v) is 6.51. The number of rotatable bonds is 7. The van der Waals surface area contributed by atoms with Crippen LogP contribution in [0.5, 0.6) is 17.2 Å². The summed E-state index contributed by atoms with van der Waals surface area (Å²) < 4.78 is 18.3. The minimum Gasteiger partial charge on any atom is -0.507 e. The van der Waals surface area contributed by atoms with Gasteiger partial charge in [0.05, 0.1) is 28.4 Å². The van der Waals surface area contributed by atoms with Gasteiger partial charge in [-0.25, -0.2) is 4.98 Å². The number of carbonyl (C=O) groups excluding carboxylic acids is 2. The average molecular weight is 585 g/mol. The first kappa shape index (κ1) is 27.8. The molecule has 1 N–H and O–H groups in total. The maximum Gasteiger partial charge on any atom is 0.301 e. The maximum absolute atomic E-state index is 13.8. The first-order chi connectivity index (χ1) is 20.2. The standard InChI is InChI=1S/C33H32N2O6S/c1-18(2)10-11-39-23-7-5-6-21(16-23)29-27(30(36)22-8-9-24-25(17-22)41-13-12-40-24)31(37)32(38)35(29)33-34-28-20(4)14-19(3)15-26(28)42-33/h5-9,14-18,29,36H,10-13H2,1-4H3. The number of ketones is 1. The van der Waals surface area contributed by atoms with Crippen LogP contribution in [0.1, 0.15) is 48.6 Å². The minimum atomic E-state index is -0.922. The van der Waals surface area contributed by atoms with Gasteiger partial charge in [-0.1, -0.05) is 43.4 Å². The van der Waals surface area contributed by atoms with E-state index < -0.39 is 17.7 Å². The summed E-state index contributed by atoms with van der Waals surface area (Å²) >= 11 is 1.35. The Morgan fingerprint density at radius 2 is 1.86 bits per heavy atom. The number of ether oxygens (including phenoxy) is 3. The number of thiazole rings is 1. The Morgan fingerprint density at radius 3 is 2.64 bits per heavy atom. The van der Waals surface area contributed by atoms with Gasteiger partial charge in [0.2, 0.25) is 0 Å². The number of hydrogen-bond donors (Lipinski definition) is 1. The number of aryl methyl sites for hydroxylation is 2. The zero-order chi connectivity index (χ0) is 29.5. The van der Waals surface area contributed by atoms with Gasteiger partial charge in [0, 0.05) is 5.56 Å². The summed E-state index contributed by atoms with van der Waals surface area (Å²) in [5.41, 5.74) is 3.79. The Kier molecular flexibility index (Phi) is 7.36. The summed E-state index contributed by atoms with van der Waals surface area (Å²) in [4.78, 5) is 33.7. The fraction of sp³-hybridized carbons (Fsp3) is 0.303. The van der Waals surface area contributed by atoms with E-state index in [4.69, 9.17) is 19.2 Å². The molecular formula is C33H32N2O6S. The Bertz CT molecular complexity index is 1740. The second-order valence-corrected chi connectivity index (χ2v) is 12.1. The molecule has 1 unspecified atom stereocenters. The van der Waals surface area contributed by atoms with Crippen LogP contribution in [0.3, 0.4) is 0 Å². The van der Waals surface area contributed by atoms with Crippen molar-refractivity contribution in [3.63, 3.8) is 0 Å². The number of aliphatic hydroxyl groups excluding tert-OH is 1. The van der Waals surface area contributed by atoms with E-state index in [0.29, 0.717) is 59.2 Å². The first-order valence-electron chi connectivity index (χ1n) is 14.0. The molecule has 3 heterocycles. The number of nitrogens with zero attached hydrogens (tertiary/aromatic N) is 2. The van der Waals surface area contributed by atoms with Gasteiger partial charge in [-0.15, -0.1) is 0 Å². The highest BCUT2D eigenvalue weighted by atomic mass is 32.1. The van der Waals surface area contributed by atoms with Crippen molar-refractivity contribution < 1.29 is 28.9 Å². The van der Waals surface area contributed by atoms with E-state index in [1.165, 1.54) is 16.2 Å². The molecule has 1 aromatic heterocycles. The van der Waals surface area contributed by atoms with E-state index in [9.17, 15) is 14.7 Å². The van der Waals surface area contributed by atoms with Crippen molar-refractivity contribution in [3.8, 4) is 17.2 Å². The molecule has 0 aliphatic carbocycles. The van der Waals surface area contributed by atoms with Gasteiger partial charge in [-0.3, -0.25) is 14.5 Å². The van der Waals surface area contributed by atoms with Crippen molar-refractivity contribution >= 4 is 44.1 Å². The largest absolute Gasteiger partial charge is 0.507 e. The number of amides is 1. The molecule has 0 bridgehead atoms. The third-order valence-electron chi connectivity index (χ3n) is 7.42. The Hall–Kier alpha value is -4.37. The molecule has 216 valence electrons. The summed E-state index contributed by atoms with van der Waals surface area (Å²) in [7, 11) is 0. The van der Waals surface area contributed by atoms with Gasteiger partial charge in [-0.05, 0) is 79.3 Å². The molecule has 2 aliphatic heterocycles. The highest BCUT2D eigenvalue weighted by molar-refractivity contribution is 7.22. The molecule has 2 aliphatic rings. The van der Waals surface area contributed by atoms with E-state index in [1.807, 2.05) is 50.2 Å². The molecule has 1 fully saturated rings. The van der Waals surface area contributed by atoms with Gasteiger partial charge in [0.1, 0.15) is 24.7 Å². The molecule has 6 rings (SSSR count). The van der Waals surface area contributed by atoms with Crippen molar-refractivity contribution in [2.24, 2.45) is 5.92 Å². The first-order valence-corrected chi connectivity index (χ1v) is 14.8. The smallest absolute Gasteiger partial charge is 0.301 e. The molecule has 9 heteroatoms. The van der Waals surface area contributed by atoms with E-state index in [2.05, 4.69) is 13.8 Å². The molecule has 1 amide bonds. The molecular weight excluding hydrogens is 552 g/mol. The molecule has 0 saturated carbocycles. The molecule has 1 saturated heterocycles. The predicted molar refractivity (Wildman–Crippen MR) is 163 cm³/mol. The Morgan fingerprint density at radius 1 is 1.07 bits per heavy atom. The van der Waals surface area contributed by atoms with Crippen LogP contribution in [0.15, 0.2) is 60.2 Å². The van der Waals surface area contributed by atoms with E-state index >= 15 is 0 Å². The van der Waals surface area contributed by atoms with Crippen LogP contribution < -0.4 is 19.1 Å². The fourth-order valence-electron chi connectivity index (χ4n) is 5.34. The number of benzene rings is 3. The number of carbonyl (C=O) groups is 2. The quantitative estimate of drug-likeness (QED) is 0.146. The van der Waals surface area contributed by atoms with Crippen LogP contribution in [0, 0.1) is 19.8 Å². The lowest BCUT2D eigenvalue weighted by Gasteiger charge is -2.24. The van der Waals surface area contributed by atoms with E-state index in [1.54, 1.807) is 18.2 Å². The monoisotopic (exact) mass is 584 g/mol. The van der Waals surface area contributed by atoms with Crippen molar-refractivity contribution in [3.05, 3.63) is 82.4 Å². The van der Waals surface area contributed by atoms with Crippen LogP contribution in [-0.4, -0.2) is 41.6 Å². The second kappa shape index (κ2) is 11.1. The Labute approximate surface area is 248 Å². The van der Waals surface area contributed by atoms with Crippen LogP contribution in [0.25, 0.3) is 16.0 Å². The number of aromatic nitrogens is 1. The highest BCUT2D eigenvalue weighted by Gasteiger charge is 2.48. The van der Waals surface area contributed by atoms with Crippen molar-refractivity contribution in [1.82, 2.24) is 4.98 Å². The molecule has 42 heavy (non-hydrogen) atoms. The van der Waals surface area contributed by atoms with Gasteiger partial charge >= 0.3 is 5.91 Å².